The second kappa shape index (κ2) is 14.3. The number of halogens is 3. The number of benzene rings is 3. The van der Waals surface area contributed by atoms with Crippen LogP contribution in [0.3, 0.4) is 0 Å². The van der Waals surface area contributed by atoms with Gasteiger partial charge in [-0.3, -0.25) is 14.5 Å². The molecular formula is C34H35F3N4O3. The summed E-state index contributed by atoms with van der Waals surface area (Å²) in [6, 6.07) is 19.3. The number of carbonyl (C=O) groups is 2. The first-order valence-electron chi connectivity index (χ1n) is 14.1. The van der Waals surface area contributed by atoms with Crippen molar-refractivity contribution in [3.63, 3.8) is 0 Å². The topological polar surface area (TPSA) is 75.6 Å². The Hall–Kier alpha value is -4.57. The van der Waals surface area contributed by atoms with E-state index >= 15 is 0 Å². The number of aromatic nitrogens is 2. The van der Waals surface area contributed by atoms with Crippen LogP contribution in [-0.2, 0) is 30.2 Å². The van der Waals surface area contributed by atoms with Crippen LogP contribution in [-0.4, -0.2) is 60.9 Å². The number of ether oxygens (including phenoxy) is 1. The molecule has 0 spiro atoms. The molecule has 1 amide bonds. The number of aryl methyl sites for hydroxylation is 1. The van der Waals surface area contributed by atoms with Gasteiger partial charge in [0.25, 0.3) is 0 Å². The number of rotatable bonds is 12. The minimum Gasteiger partial charge on any atom is -0.492 e. The van der Waals surface area contributed by atoms with E-state index in [0.717, 1.165) is 46.8 Å². The lowest BCUT2D eigenvalue weighted by molar-refractivity contribution is -0.137. The molecule has 0 aliphatic heterocycles. The summed E-state index contributed by atoms with van der Waals surface area (Å²) in [5, 5.41) is 0. The van der Waals surface area contributed by atoms with Gasteiger partial charge in [0.15, 0.2) is 5.78 Å². The summed E-state index contributed by atoms with van der Waals surface area (Å²) in [6.45, 7) is 3.25. The summed E-state index contributed by atoms with van der Waals surface area (Å²) >= 11 is 0. The normalized spacial score (nSPS) is 11.5. The highest BCUT2D eigenvalue weighted by atomic mass is 19.4. The zero-order valence-electron chi connectivity index (χ0n) is 25.2. The number of Topliss-reactive ketones (excluding diaryl/α,β-unsaturated/α-hetero) is 1. The maximum Gasteiger partial charge on any atom is 0.416 e. The molecule has 0 aliphatic carbocycles. The fourth-order valence-electron chi connectivity index (χ4n) is 4.56. The van der Waals surface area contributed by atoms with Gasteiger partial charge in [-0.2, -0.15) is 13.2 Å². The van der Waals surface area contributed by atoms with Crippen LogP contribution in [0, 0.1) is 6.92 Å². The Balaban J connectivity index is 1.41. The van der Waals surface area contributed by atoms with Crippen molar-refractivity contribution in [1.29, 1.82) is 0 Å². The summed E-state index contributed by atoms with van der Waals surface area (Å²) in [4.78, 5) is 38.3. The van der Waals surface area contributed by atoms with Crippen LogP contribution in [0.25, 0.3) is 0 Å². The van der Waals surface area contributed by atoms with Gasteiger partial charge in [0.1, 0.15) is 24.5 Å². The molecule has 0 unspecified atom stereocenters. The summed E-state index contributed by atoms with van der Waals surface area (Å²) in [7, 11) is 5.62. The molecule has 0 saturated heterocycles. The number of alkyl halides is 3. The molecule has 3 aromatic carbocycles. The third-order valence-electron chi connectivity index (χ3n) is 7.15. The monoisotopic (exact) mass is 604 g/mol. The van der Waals surface area contributed by atoms with Crippen LogP contribution < -0.4 is 9.64 Å². The molecule has 0 N–H and O–H groups in total. The van der Waals surface area contributed by atoms with Gasteiger partial charge in [-0.05, 0) is 67.5 Å². The van der Waals surface area contributed by atoms with Crippen LogP contribution in [0.4, 0.5) is 19.0 Å². The Kier molecular flexibility index (Phi) is 10.5. The summed E-state index contributed by atoms with van der Waals surface area (Å²) in [5.41, 5.74) is 3.06. The number of hydrogen-bond donors (Lipinski definition) is 0. The van der Waals surface area contributed by atoms with E-state index in [-0.39, 0.29) is 24.3 Å². The maximum absolute atomic E-state index is 13.3. The lowest BCUT2D eigenvalue weighted by Gasteiger charge is -2.18. The zero-order chi connectivity index (χ0) is 31.9. The van der Waals surface area contributed by atoms with Crippen LogP contribution in [0.5, 0.6) is 5.75 Å². The van der Waals surface area contributed by atoms with E-state index in [2.05, 4.69) is 9.97 Å². The largest absolute Gasteiger partial charge is 0.492 e. The minimum absolute atomic E-state index is 0.0131. The Morgan fingerprint density at radius 3 is 2.39 bits per heavy atom. The Morgan fingerprint density at radius 1 is 0.864 bits per heavy atom. The predicted molar refractivity (Wildman–Crippen MR) is 163 cm³/mol. The fourth-order valence-corrected chi connectivity index (χ4v) is 4.56. The maximum atomic E-state index is 13.3. The highest BCUT2D eigenvalue weighted by molar-refractivity contribution is 5.98. The molecule has 7 nitrogen and oxygen atoms in total. The van der Waals surface area contributed by atoms with Gasteiger partial charge in [0.05, 0.1) is 17.7 Å². The van der Waals surface area contributed by atoms with E-state index in [1.165, 1.54) is 23.4 Å². The third-order valence-corrected chi connectivity index (χ3v) is 7.15. The molecule has 4 rings (SSSR count). The van der Waals surface area contributed by atoms with Crippen molar-refractivity contribution in [2.45, 2.75) is 32.4 Å². The average molecular weight is 605 g/mol. The summed E-state index contributed by atoms with van der Waals surface area (Å²) in [6.07, 6.45) is -2.61. The Labute approximate surface area is 255 Å². The predicted octanol–water partition coefficient (Wildman–Crippen LogP) is 5.97. The van der Waals surface area contributed by atoms with Gasteiger partial charge in [-0.25, -0.2) is 9.97 Å². The molecule has 0 aliphatic rings. The van der Waals surface area contributed by atoms with E-state index in [9.17, 15) is 22.8 Å². The van der Waals surface area contributed by atoms with E-state index < -0.39 is 17.5 Å². The molecule has 1 aromatic heterocycles. The van der Waals surface area contributed by atoms with Crippen molar-refractivity contribution in [3.05, 3.63) is 118 Å². The van der Waals surface area contributed by atoms with Crippen LogP contribution in [0.15, 0.2) is 79.1 Å². The molecule has 10 heteroatoms. The number of anilines is 1. The first-order valence-corrected chi connectivity index (χ1v) is 14.1. The number of hydrogen-bond acceptors (Lipinski definition) is 6. The van der Waals surface area contributed by atoms with E-state index in [4.69, 9.17) is 4.74 Å². The van der Waals surface area contributed by atoms with Crippen molar-refractivity contribution < 1.29 is 27.5 Å². The standard InChI is InChI=1S/C34H35F3N4O3/c1-23-11-12-25(18-31(42)26-8-6-9-28(19-26)34(35,36)37)15-27(23)20-33(43)41(4)32-21-29(38-22-39-32)16-24-7-5-10-30(17-24)44-14-13-40(2)3/h5-12,15,17,19,21-22H,13-14,16,18,20H2,1-4H3. The van der Waals surface area contributed by atoms with Gasteiger partial charge in [0.2, 0.25) is 5.91 Å². The molecule has 1 heterocycles. The molecule has 0 atom stereocenters. The van der Waals surface area contributed by atoms with E-state index in [1.54, 1.807) is 31.3 Å². The van der Waals surface area contributed by atoms with E-state index in [1.807, 2.05) is 50.2 Å². The van der Waals surface area contributed by atoms with Crippen molar-refractivity contribution in [1.82, 2.24) is 14.9 Å². The summed E-state index contributed by atoms with van der Waals surface area (Å²) in [5.74, 6) is 0.580. The highest BCUT2D eigenvalue weighted by Gasteiger charge is 2.31. The van der Waals surface area contributed by atoms with Crippen molar-refractivity contribution in [2.75, 3.05) is 39.2 Å². The molecule has 0 bridgehead atoms. The van der Waals surface area contributed by atoms with E-state index in [0.29, 0.717) is 24.4 Å². The number of amides is 1. The van der Waals surface area contributed by atoms with Gasteiger partial charge in [-0.15, -0.1) is 0 Å². The van der Waals surface area contributed by atoms with Crippen LogP contribution in [0.2, 0.25) is 0 Å². The molecule has 4 aromatic rings. The number of likely N-dealkylation sites (N-methyl/N-ethyl adjacent to an activating group) is 2. The molecule has 44 heavy (non-hydrogen) atoms. The van der Waals surface area contributed by atoms with Crippen LogP contribution in [0.1, 0.15) is 43.9 Å². The lowest BCUT2D eigenvalue weighted by Crippen LogP contribution is -2.29. The van der Waals surface area contributed by atoms with Gasteiger partial charge in [-0.1, -0.05) is 42.5 Å². The second-order valence-corrected chi connectivity index (χ2v) is 10.9. The molecule has 230 valence electrons. The average Bonchev–Trinajstić information content (AvgIpc) is 2.98. The molecule has 0 fully saturated rings. The number of ketones is 1. The van der Waals surface area contributed by atoms with Crippen molar-refractivity contribution in [2.24, 2.45) is 0 Å². The molecule has 0 saturated carbocycles. The first-order chi connectivity index (χ1) is 20.9. The quantitative estimate of drug-likeness (QED) is 0.186. The SMILES string of the molecule is Cc1ccc(CC(=O)c2cccc(C(F)(F)F)c2)cc1CC(=O)N(C)c1cc(Cc2cccc(OCCN(C)C)c2)ncn1. The Bertz CT molecular complexity index is 1620. The Morgan fingerprint density at radius 2 is 1.64 bits per heavy atom. The first kappa shape index (κ1) is 32.3. The molecule has 0 radical (unpaired) electrons. The zero-order valence-corrected chi connectivity index (χ0v) is 25.2. The highest BCUT2D eigenvalue weighted by Crippen LogP contribution is 2.30. The minimum atomic E-state index is -4.53. The van der Waals surface area contributed by atoms with Crippen molar-refractivity contribution >= 4 is 17.5 Å². The fraction of sp³-hybridized carbons (Fsp3) is 0.294. The third kappa shape index (κ3) is 8.97. The number of carbonyl (C=O) groups excluding carboxylic acids is 2. The number of nitrogens with zero attached hydrogens (tertiary/aromatic N) is 4. The van der Waals surface area contributed by atoms with Crippen molar-refractivity contribution in [3.8, 4) is 5.75 Å². The van der Waals surface area contributed by atoms with Gasteiger partial charge < -0.3 is 9.64 Å². The van der Waals surface area contributed by atoms with Crippen LogP contribution >= 0.6 is 0 Å². The smallest absolute Gasteiger partial charge is 0.416 e. The van der Waals surface area contributed by atoms with Gasteiger partial charge in [0, 0.05) is 38.1 Å². The lowest BCUT2D eigenvalue weighted by atomic mass is 9.96. The molecular weight excluding hydrogens is 569 g/mol. The second-order valence-electron chi connectivity index (χ2n) is 10.9. The van der Waals surface area contributed by atoms with Gasteiger partial charge >= 0.3 is 6.18 Å². The summed E-state index contributed by atoms with van der Waals surface area (Å²) < 4.78 is 45.1.